The smallest absolute Gasteiger partial charge is 0.254 e. The molecule has 68 valence electrons. The predicted molar refractivity (Wildman–Crippen MR) is 51.6 cm³/mol. The van der Waals surface area contributed by atoms with E-state index in [9.17, 15) is 4.39 Å². The van der Waals surface area contributed by atoms with E-state index in [1.54, 1.807) is 24.7 Å². The van der Waals surface area contributed by atoms with Gasteiger partial charge in [0.2, 0.25) is 0 Å². The van der Waals surface area contributed by atoms with Crippen molar-refractivity contribution in [2.45, 2.75) is 4.70 Å². The summed E-state index contributed by atoms with van der Waals surface area (Å²) in [6.45, 7) is 0. The number of dihydropyridines is 1. The maximum Gasteiger partial charge on any atom is 0.254 e. The number of nitrogens with zero attached hydrogens (tertiary/aromatic N) is 1. The molecule has 1 aromatic rings. The van der Waals surface area contributed by atoms with Crippen molar-refractivity contribution in [1.82, 2.24) is 15.5 Å². The SMILES string of the molecule is FC1(Br)C=CC(c2cn[nH]c2)=CN1. The maximum atomic E-state index is 13.1. The van der Waals surface area contributed by atoms with Crippen molar-refractivity contribution in [3.8, 4) is 0 Å². The first kappa shape index (κ1) is 8.50. The van der Waals surface area contributed by atoms with Crippen molar-refractivity contribution in [2.75, 3.05) is 0 Å². The number of alkyl halides is 2. The van der Waals surface area contributed by atoms with Crippen molar-refractivity contribution < 1.29 is 4.39 Å². The quantitative estimate of drug-likeness (QED) is 0.585. The van der Waals surface area contributed by atoms with Crippen LogP contribution in [0.1, 0.15) is 5.56 Å². The lowest BCUT2D eigenvalue weighted by atomic mass is 10.1. The minimum absolute atomic E-state index is 0.890. The first-order chi connectivity index (χ1) is 6.17. The molecule has 1 aliphatic heterocycles. The lowest BCUT2D eigenvalue weighted by Crippen LogP contribution is -2.29. The van der Waals surface area contributed by atoms with E-state index in [0.717, 1.165) is 11.1 Å². The van der Waals surface area contributed by atoms with Gasteiger partial charge in [-0.2, -0.15) is 5.10 Å². The van der Waals surface area contributed by atoms with Crippen LogP contribution in [0.3, 0.4) is 0 Å². The Hall–Kier alpha value is -1.10. The van der Waals surface area contributed by atoms with Crippen molar-refractivity contribution in [3.63, 3.8) is 0 Å². The Labute approximate surface area is 82.9 Å². The molecule has 0 radical (unpaired) electrons. The molecule has 1 atom stereocenters. The summed E-state index contributed by atoms with van der Waals surface area (Å²) in [5, 5.41) is 9.05. The molecule has 0 saturated heterocycles. The van der Waals surface area contributed by atoms with Crippen LogP contribution in [0.5, 0.6) is 0 Å². The van der Waals surface area contributed by atoms with Crippen LogP contribution in [0.25, 0.3) is 5.57 Å². The van der Waals surface area contributed by atoms with Gasteiger partial charge in [-0.25, -0.2) is 4.39 Å². The van der Waals surface area contributed by atoms with Gasteiger partial charge in [-0.15, -0.1) is 0 Å². The standard InChI is InChI=1S/C8H7BrFN3/c9-8(10)2-1-6(3-11-8)7-4-12-13-5-7/h1-5,11H,(H,12,13). The second-order valence-corrected chi connectivity index (χ2v) is 3.84. The third-order valence-corrected chi connectivity index (χ3v) is 2.22. The van der Waals surface area contributed by atoms with Gasteiger partial charge in [0.1, 0.15) is 0 Å². The Bertz CT molecular complexity index is 353. The van der Waals surface area contributed by atoms with E-state index in [-0.39, 0.29) is 0 Å². The number of nitrogens with one attached hydrogen (secondary N) is 2. The Kier molecular flexibility index (Phi) is 1.95. The highest BCUT2D eigenvalue weighted by atomic mass is 79.9. The average molecular weight is 244 g/mol. The lowest BCUT2D eigenvalue weighted by Gasteiger charge is -2.18. The molecular weight excluding hydrogens is 237 g/mol. The number of hydrogen-bond acceptors (Lipinski definition) is 2. The molecule has 0 aliphatic carbocycles. The summed E-state index contributed by atoms with van der Waals surface area (Å²) in [6, 6.07) is 0. The van der Waals surface area contributed by atoms with Crippen molar-refractivity contribution >= 4 is 21.5 Å². The van der Waals surface area contributed by atoms with Crippen LogP contribution in [-0.4, -0.2) is 14.9 Å². The molecule has 0 aromatic carbocycles. The molecule has 2 heterocycles. The van der Waals surface area contributed by atoms with E-state index < -0.39 is 4.70 Å². The number of hydrogen-bond donors (Lipinski definition) is 2. The predicted octanol–water partition coefficient (Wildman–Crippen LogP) is 1.93. The summed E-state index contributed by atoms with van der Waals surface area (Å²) in [6.07, 6.45) is 8.11. The van der Waals surface area contributed by atoms with E-state index in [1.807, 2.05) is 0 Å². The Morgan fingerprint density at radius 3 is 2.92 bits per heavy atom. The van der Waals surface area contributed by atoms with Gasteiger partial charge in [-0.05, 0) is 22.0 Å². The van der Waals surface area contributed by atoms with Crippen LogP contribution in [0, 0.1) is 0 Å². The second-order valence-electron chi connectivity index (χ2n) is 2.69. The topological polar surface area (TPSA) is 40.7 Å². The zero-order valence-corrected chi connectivity index (χ0v) is 8.18. The number of halogens is 2. The van der Waals surface area contributed by atoms with Crippen LogP contribution >= 0.6 is 15.9 Å². The van der Waals surface area contributed by atoms with Crippen LogP contribution in [0.15, 0.2) is 30.7 Å². The molecule has 1 aromatic heterocycles. The summed E-state index contributed by atoms with van der Waals surface area (Å²) in [7, 11) is 0. The number of allylic oxidation sites excluding steroid dienone is 2. The molecule has 1 aliphatic rings. The van der Waals surface area contributed by atoms with Gasteiger partial charge in [0, 0.05) is 23.5 Å². The molecule has 0 saturated carbocycles. The summed E-state index contributed by atoms with van der Waals surface area (Å²) in [4.78, 5) is 0. The van der Waals surface area contributed by atoms with Gasteiger partial charge >= 0.3 is 0 Å². The largest absolute Gasteiger partial charge is 0.347 e. The fraction of sp³-hybridized carbons (Fsp3) is 0.125. The number of rotatable bonds is 1. The third kappa shape index (κ3) is 1.80. The molecule has 2 rings (SSSR count). The number of aromatic amines is 1. The first-order valence-electron chi connectivity index (χ1n) is 3.71. The summed E-state index contributed by atoms with van der Waals surface area (Å²) in [5.74, 6) is 0. The van der Waals surface area contributed by atoms with E-state index in [1.165, 1.54) is 6.08 Å². The van der Waals surface area contributed by atoms with Gasteiger partial charge in [-0.3, -0.25) is 5.10 Å². The highest BCUT2D eigenvalue weighted by Crippen LogP contribution is 2.25. The molecule has 0 fully saturated rings. The van der Waals surface area contributed by atoms with Gasteiger partial charge in [0.15, 0.2) is 0 Å². The van der Waals surface area contributed by atoms with E-state index in [0.29, 0.717) is 0 Å². The molecule has 0 bridgehead atoms. The van der Waals surface area contributed by atoms with E-state index in [2.05, 4.69) is 31.4 Å². The number of aromatic nitrogens is 2. The number of H-pyrrole nitrogens is 1. The summed E-state index contributed by atoms with van der Waals surface area (Å²) < 4.78 is 11.5. The minimum Gasteiger partial charge on any atom is -0.347 e. The molecule has 3 nitrogen and oxygen atoms in total. The summed E-state index contributed by atoms with van der Waals surface area (Å²) >= 11 is 2.85. The molecule has 13 heavy (non-hydrogen) atoms. The average Bonchev–Trinajstić information content (AvgIpc) is 2.56. The van der Waals surface area contributed by atoms with Crippen molar-refractivity contribution in [2.24, 2.45) is 0 Å². The second kappa shape index (κ2) is 2.99. The van der Waals surface area contributed by atoms with Crippen molar-refractivity contribution in [3.05, 3.63) is 36.3 Å². The molecule has 0 amide bonds. The van der Waals surface area contributed by atoms with Crippen molar-refractivity contribution in [1.29, 1.82) is 0 Å². The Morgan fingerprint density at radius 1 is 1.54 bits per heavy atom. The Balaban J connectivity index is 2.23. The third-order valence-electron chi connectivity index (χ3n) is 1.72. The van der Waals surface area contributed by atoms with E-state index >= 15 is 0 Å². The van der Waals surface area contributed by atoms with Gasteiger partial charge in [0.25, 0.3) is 4.70 Å². The van der Waals surface area contributed by atoms with Gasteiger partial charge in [-0.1, -0.05) is 6.08 Å². The fourth-order valence-electron chi connectivity index (χ4n) is 1.05. The van der Waals surface area contributed by atoms with Gasteiger partial charge in [0.05, 0.1) is 6.20 Å². The van der Waals surface area contributed by atoms with E-state index in [4.69, 9.17) is 0 Å². The maximum absolute atomic E-state index is 13.1. The molecule has 2 N–H and O–H groups in total. The van der Waals surface area contributed by atoms with Crippen LogP contribution in [0.2, 0.25) is 0 Å². The molecular formula is C8H7BrFN3. The fourth-order valence-corrected chi connectivity index (χ4v) is 1.30. The van der Waals surface area contributed by atoms with Crippen LogP contribution in [-0.2, 0) is 0 Å². The molecule has 0 spiro atoms. The highest BCUT2D eigenvalue weighted by Gasteiger charge is 2.22. The highest BCUT2D eigenvalue weighted by molar-refractivity contribution is 9.10. The summed E-state index contributed by atoms with van der Waals surface area (Å²) in [5.41, 5.74) is 1.81. The lowest BCUT2D eigenvalue weighted by molar-refractivity contribution is 0.331. The monoisotopic (exact) mass is 243 g/mol. The minimum atomic E-state index is -1.62. The molecule has 1 unspecified atom stereocenters. The van der Waals surface area contributed by atoms with Crippen LogP contribution in [0.4, 0.5) is 4.39 Å². The molecule has 5 heteroatoms. The normalized spacial score (nSPS) is 26.8. The zero-order chi connectivity index (χ0) is 9.31. The zero-order valence-electron chi connectivity index (χ0n) is 6.59. The Morgan fingerprint density at radius 2 is 2.38 bits per heavy atom. The van der Waals surface area contributed by atoms with Crippen LogP contribution < -0.4 is 5.32 Å². The first-order valence-corrected chi connectivity index (χ1v) is 4.51. The van der Waals surface area contributed by atoms with Gasteiger partial charge < -0.3 is 5.32 Å².